The molecule has 0 spiro atoms. The maximum absolute atomic E-state index is 12.8. The third-order valence-electron chi connectivity index (χ3n) is 3.18. The molecule has 2 fully saturated rings. The van der Waals surface area contributed by atoms with E-state index in [0.717, 1.165) is 32.6 Å². The Morgan fingerprint density at radius 3 is 2.88 bits per heavy atom. The predicted molar refractivity (Wildman–Crippen MR) is 55.9 cm³/mol. The molecule has 0 aliphatic carbocycles. The first kappa shape index (κ1) is 12.7. The smallest absolute Gasteiger partial charge is 0.377 e. The molecule has 2 aliphatic heterocycles. The molecule has 0 aromatic heterocycles. The largest absolute Gasteiger partial charge is 0.456 e. The lowest BCUT2D eigenvalue weighted by Gasteiger charge is -2.11. The number of cyclic esters (lactones) is 1. The van der Waals surface area contributed by atoms with Crippen LogP contribution in [0.5, 0.6) is 0 Å². The number of esters is 1. The lowest BCUT2D eigenvalue weighted by molar-refractivity contribution is -0.159. The second kappa shape index (κ2) is 5.27. The summed E-state index contributed by atoms with van der Waals surface area (Å²) >= 11 is 0. The van der Waals surface area contributed by atoms with Crippen molar-refractivity contribution in [3.05, 3.63) is 0 Å². The van der Waals surface area contributed by atoms with Crippen LogP contribution in [0.4, 0.5) is 8.78 Å². The number of ether oxygens (including phenoxy) is 2. The van der Waals surface area contributed by atoms with Crippen molar-refractivity contribution in [3.8, 4) is 0 Å². The van der Waals surface area contributed by atoms with Gasteiger partial charge in [-0.3, -0.25) is 0 Å². The fourth-order valence-corrected chi connectivity index (χ4v) is 2.14. The molecule has 2 aliphatic rings. The topological polar surface area (TPSA) is 47.6 Å². The number of halogens is 2. The van der Waals surface area contributed by atoms with Crippen LogP contribution >= 0.6 is 0 Å². The van der Waals surface area contributed by atoms with Gasteiger partial charge in [-0.25, -0.2) is 4.79 Å². The molecule has 0 radical (unpaired) electrons. The van der Waals surface area contributed by atoms with E-state index in [2.05, 4.69) is 10.1 Å². The number of hydrogen-bond acceptors (Lipinski definition) is 4. The summed E-state index contributed by atoms with van der Waals surface area (Å²) in [6, 6.07) is 0. The van der Waals surface area contributed by atoms with Gasteiger partial charge in [-0.2, -0.15) is 8.78 Å². The molecule has 2 heterocycles. The number of carbonyl (C=O) groups is 1. The predicted octanol–water partition coefficient (Wildman–Crippen LogP) is 0.953. The van der Waals surface area contributed by atoms with E-state index in [-0.39, 0.29) is 0 Å². The monoisotopic (exact) mass is 249 g/mol. The normalized spacial score (nSPS) is 31.8. The molecule has 98 valence electrons. The quantitative estimate of drug-likeness (QED) is 0.582. The summed E-state index contributed by atoms with van der Waals surface area (Å²) in [5.41, 5.74) is 0. The minimum Gasteiger partial charge on any atom is -0.456 e. The zero-order chi connectivity index (χ0) is 12.3. The van der Waals surface area contributed by atoms with E-state index >= 15 is 0 Å². The fraction of sp³-hybridized carbons (Fsp3) is 0.909. The van der Waals surface area contributed by atoms with Crippen molar-refractivity contribution in [1.29, 1.82) is 0 Å². The summed E-state index contributed by atoms with van der Waals surface area (Å²) in [5, 5.41) is 3.05. The van der Waals surface area contributed by atoms with Crippen LogP contribution in [-0.4, -0.2) is 44.3 Å². The lowest BCUT2D eigenvalue weighted by atomic mass is 10.1. The van der Waals surface area contributed by atoms with Crippen LogP contribution < -0.4 is 5.32 Å². The average molecular weight is 249 g/mol. The van der Waals surface area contributed by atoms with Gasteiger partial charge in [0.05, 0.1) is 6.42 Å². The van der Waals surface area contributed by atoms with Gasteiger partial charge in [0.15, 0.2) is 0 Å². The molecule has 6 heteroatoms. The first-order valence-corrected chi connectivity index (χ1v) is 5.95. The first-order valence-electron chi connectivity index (χ1n) is 5.95. The van der Waals surface area contributed by atoms with Crippen LogP contribution in [0.3, 0.4) is 0 Å². The van der Waals surface area contributed by atoms with Crippen LogP contribution in [0, 0.1) is 5.92 Å². The molecule has 2 rings (SSSR count). The number of hydrogen-bond donors (Lipinski definition) is 1. The van der Waals surface area contributed by atoms with E-state index in [1.807, 2.05) is 0 Å². The molecular formula is C11H17F2NO3. The maximum Gasteiger partial charge on any atom is 0.377 e. The van der Waals surface area contributed by atoms with Crippen molar-refractivity contribution in [2.75, 3.05) is 26.3 Å². The molecule has 0 aromatic carbocycles. The standard InChI is InChI=1S/C11H17F2NO3/c12-11(13)5-9(17-10(11)15)6-14-3-1-8-2-4-16-7-8/h8-9,14H,1-7H2. The number of alkyl halides is 2. The molecule has 0 aromatic rings. The highest BCUT2D eigenvalue weighted by atomic mass is 19.3. The van der Waals surface area contributed by atoms with Crippen LogP contribution in [0.1, 0.15) is 19.3 Å². The third-order valence-corrected chi connectivity index (χ3v) is 3.18. The lowest BCUT2D eigenvalue weighted by Crippen LogP contribution is -2.28. The van der Waals surface area contributed by atoms with Gasteiger partial charge in [-0.1, -0.05) is 0 Å². The average Bonchev–Trinajstić information content (AvgIpc) is 2.83. The van der Waals surface area contributed by atoms with Crippen molar-refractivity contribution in [3.63, 3.8) is 0 Å². The van der Waals surface area contributed by atoms with Gasteiger partial charge in [0.1, 0.15) is 6.10 Å². The van der Waals surface area contributed by atoms with E-state index in [9.17, 15) is 13.6 Å². The molecule has 17 heavy (non-hydrogen) atoms. The SMILES string of the molecule is O=C1OC(CNCCC2CCOC2)CC1(F)F. The summed E-state index contributed by atoms with van der Waals surface area (Å²) < 4.78 is 35.5. The Morgan fingerprint density at radius 1 is 1.47 bits per heavy atom. The van der Waals surface area contributed by atoms with Gasteiger partial charge >= 0.3 is 11.9 Å². The Morgan fingerprint density at radius 2 is 2.29 bits per heavy atom. The number of carbonyl (C=O) groups excluding carboxylic acids is 1. The first-order chi connectivity index (χ1) is 8.08. The number of nitrogens with one attached hydrogen (secondary N) is 1. The Bertz CT molecular complexity index is 280. The zero-order valence-corrected chi connectivity index (χ0v) is 9.59. The Hall–Kier alpha value is -0.750. The van der Waals surface area contributed by atoms with Gasteiger partial charge in [-0.15, -0.1) is 0 Å². The third kappa shape index (κ3) is 3.35. The van der Waals surface area contributed by atoms with Crippen molar-refractivity contribution >= 4 is 5.97 Å². The molecule has 2 unspecified atom stereocenters. The second-order valence-electron chi connectivity index (χ2n) is 4.66. The van der Waals surface area contributed by atoms with E-state index < -0.39 is 24.4 Å². The maximum atomic E-state index is 12.8. The fourth-order valence-electron chi connectivity index (χ4n) is 2.14. The molecule has 0 amide bonds. The Labute approximate surface area is 98.6 Å². The zero-order valence-electron chi connectivity index (χ0n) is 9.59. The Kier molecular flexibility index (Phi) is 3.93. The van der Waals surface area contributed by atoms with Crippen molar-refractivity contribution in [1.82, 2.24) is 5.32 Å². The van der Waals surface area contributed by atoms with Crippen molar-refractivity contribution in [2.45, 2.75) is 31.3 Å². The van der Waals surface area contributed by atoms with E-state index in [4.69, 9.17) is 4.74 Å². The van der Waals surface area contributed by atoms with Gasteiger partial charge < -0.3 is 14.8 Å². The van der Waals surface area contributed by atoms with Crippen LogP contribution in [0.2, 0.25) is 0 Å². The summed E-state index contributed by atoms with van der Waals surface area (Å²) in [5.74, 6) is -4.13. The second-order valence-corrected chi connectivity index (χ2v) is 4.66. The molecule has 1 N–H and O–H groups in total. The summed E-state index contributed by atoms with van der Waals surface area (Å²) in [6.07, 6.45) is 0.831. The van der Waals surface area contributed by atoms with E-state index in [1.165, 1.54) is 0 Å². The molecule has 2 saturated heterocycles. The van der Waals surface area contributed by atoms with E-state index in [0.29, 0.717) is 12.5 Å². The minimum absolute atomic E-state index is 0.301. The van der Waals surface area contributed by atoms with Crippen molar-refractivity contribution < 1.29 is 23.0 Å². The van der Waals surface area contributed by atoms with Crippen molar-refractivity contribution in [2.24, 2.45) is 5.92 Å². The molecule has 0 saturated carbocycles. The molecular weight excluding hydrogens is 232 g/mol. The van der Waals surface area contributed by atoms with Gasteiger partial charge in [0.25, 0.3) is 0 Å². The van der Waals surface area contributed by atoms with Gasteiger partial charge in [0.2, 0.25) is 0 Å². The van der Waals surface area contributed by atoms with E-state index in [1.54, 1.807) is 0 Å². The minimum atomic E-state index is -3.30. The summed E-state index contributed by atoms with van der Waals surface area (Å²) in [7, 11) is 0. The van der Waals surface area contributed by atoms with Crippen LogP contribution in [0.25, 0.3) is 0 Å². The van der Waals surface area contributed by atoms with Gasteiger partial charge in [-0.05, 0) is 25.3 Å². The van der Waals surface area contributed by atoms with Crippen LogP contribution in [-0.2, 0) is 14.3 Å². The number of rotatable bonds is 5. The molecule has 2 atom stereocenters. The highest BCUT2D eigenvalue weighted by Gasteiger charge is 2.50. The summed E-state index contributed by atoms with van der Waals surface area (Å²) in [4.78, 5) is 10.7. The molecule has 0 bridgehead atoms. The molecule has 4 nitrogen and oxygen atoms in total. The summed E-state index contributed by atoms with van der Waals surface area (Å²) in [6.45, 7) is 2.65. The Balaban J connectivity index is 1.58. The van der Waals surface area contributed by atoms with Crippen LogP contribution in [0.15, 0.2) is 0 Å². The highest BCUT2D eigenvalue weighted by Crippen LogP contribution is 2.30. The highest BCUT2D eigenvalue weighted by molar-refractivity contribution is 5.79. The van der Waals surface area contributed by atoms with Gasteiger partial charge in [0, 0.05) is 19.8 Å².